The maximum atomic E-state index is 5.38. The summed E-state index contributed by atoms with van der Waals surface area (Å²) in [6.45, 7) is 2.15. The summed E-state index contributed by atoms with van der Waals surface area (Å²) < 4.78 is 7.55. The van der Waals surface area contributed by atoms with Gasteiger partial charge in [0, 0.05) is 17.7 Å². The molecule has 2 nitrogen and oxygen atoms in total. The van der Waals surface area contributed by atoms with Gasteiger partial charge >= 0.3 is 0 Å². The van der Waals surface area contributed by atoms with E-state index in [9.17, 15) is 0 Å². The Balaban J connectivity index is 2.40. The number of methoxy groups -OCH3 is 1. The molecular weight excluding hydrogens is 246 g/mol. The van der Waals surface area contributed by atoms with Gasteiger partial charge < -0.3 is 4.74 Å². The van der Waals surface area contributed by atoms with Crippen molar-refractivity contribution in [1.82, 2.24) is 0 Å². The second-order valence-electron chi connectivity index (χ2n) is 5.02. The van der Waals surface area contributed by atoms with Crippen LogP contribution in [0.1, 0.15) is 5.69 Å². The van der Waals surface area contributed by atoms with Crippen LogP contribution in [0, 0.1) is 6.92 Å². The highest BCUT2D eigenvalue weighted by atomic mass is 16.5. The third-order valence-electron chi connectivity index (χ3n) is 3.82. The van der Waals surface area contributed by atoms with Crippen molar-refractivity contribution in [3.05, 3.63) is 60.4 Å². The van der Waals surface area contributed by atoms with Crippen molar-refractivity contribution in [2.24, 2.45) is 7.05 Å². The first kappa shape index (κ1) is 12.7. The molecule has 3 aromatic rings. The Morgan fingerprint density at radius 3 is 2.45 bits per heavy atom. The Labute approximate surface area is 119 Å². The molecule has 0 radical (unpaired) electrons. The molecule has 0 bridgehead atoms. The summed E-state index contributed by atoms with van der Waals surface area (Å²) >= 11 is 0. The molecule has 2 heteroatoms. The SMILES string of the molecule is COc1ccc2c[n+](C)c(C)c(-c3ccccc3)c2c1. The highest BCUT2D eigenvalue weighted by Gasteiger charge is 2.16. The lowest BCUT2D eigenvalue weighted by Gasteiger charge is -2.10. The zero-order chi connectivity index (χ0) is 14.1. The van der Waals surface area contributed by atoms with Gasteiger partial charge in [0.05, 0.1) is 12.7 Å². The lowest BCUT2D eigenvalue weighted by molar-refractivity contribution is -0.675. The fourth-order valence-electron chi connectivity index (χ4n) is 2.64. The standard InChI is InChI=1S/C18H18NO/c1-13-18(14-7-5-4-6-8-14)17-11-16(20-3)10-9-15(17)12-19(13)2/h4-12H,1-3H3/q+1. The number of rotatable bonds is 2. The van der Waals surface area contributed by atoms with Gasteiger partial charge in [-0.05, 0) is 23.8 Å². The highest BCUT2D eigenvalue weighted by molar-refractivity contribution is 5.97. The third kappa shape index (κ3) is 2.03. The quantitative estimate of drug-likeness (QED) is 0.644. The van der Waals surface area contributed by atoms with E-state index in [4.69, 9.17) is 4.74 Å². The van der Waals surface area contributed by atoms with E-state index < -0.39 is 0 Å². The van der Waals surface area contributed by atoms with Gasteiger partial charge in [-0.25, -0.2) is 4.57 Å². The summed E-state index contributed by atoms with van der Waals surface area (Å²) in [7, 11) is 3.80. The Morgan fingerprint density at radius 2 is 1.75 bits per heavy atom. The van der Waals surface area contributed by atoms with Crippen molar-refractivity contribution in [1.29, 1.82) is 0 Å². The van der Waals surface area contributed by atoms with Gasteiger partial charge in [0.25, 0.3) is 0 Å². The average Bonchev–Trinajstić information content (AvgIpc) is 2.49. The minimum atomic E-state index is 0.892. The predicted molar refractivity (Wildman–Crippen MR) is 81.8 cm³/mol. The van der Waals surface area contributed by atoms with Gasteiger partial charge in [0.2, 0.25) is 0 Å². The van der Waals surface area contributed by atoms with Crippen molar-refractivity contribution in [2.45, 2.75) is 6.92 Å². The zero-order valence-electron chi connectivity index (χ0n) is 12.1. The molecule has 0 unspecified atom stereocenters. The number of aryl methyl sites for hydroxylation is 1. The van der Waals surface area contributed by atoms with Gasteiger partial charge in [-0.15, -0.1) is 0 Å². The summed E-state index contributed by atoms with van der Waals surface area (Å²) in [5.41, 5.74) is 3.75. The van der Waals surface area contributed by atoms with Crippen LogP contribution < -0.4 is 9.30 Å². The maximum absolute atomic E-state index is 5.38. The van der Waals surface area contributed by atoms with Crippen LogP contribution >= 0.6 is 0 Å². The van der Waals surface area contributed by atoms with Crippen molar-refractivity contribution < 1.29 is 9.30 Å². The minimum Gasteiger partial charge on any atom is -0.497 e. The number of fused-ring (bicyclic) bond motifs is 1. The van der Waals surface area contributed by atoms with E-state index >= 15 is 0 Å². The maximum Gasteiger partial charge on any atom is 0.186 e. The van der Waals surface area contributed by atoms with Gasteiger partial charge in [-0.1, -0.05) is 30.3 Å². The first-order valence-electron chi connectivity index (χ1n) is 6.73. The molecule has 0 saturated heterocycles. The van der Waals surface area contributed by atoms with Crippen LogP contribution in [0.25, 0.3) is 21.9 Å². The Hall–Kier alpha value is -2.35. The molecule has 0 atom stereocenters. The summed E-state index contributed by atoms with van der Waals surface area (Å²) in [6, 6.07) is 16.7. The van der Waals surface area contributed by atoms with Gasteiger partial charge in [-0.2, -0.15) is 0 Å². The Bertz CT molecular complexity index is 763. The normalized spacial score (nSPS) is 10.8. The number of aromatic nitrogens is 1. The van der Waals surface area contributed by atoms with Crippen LogP contribution in [0.15, 0.2) is 54.7 Å². The van der Waals surface area contributed by atoms with Crippen molar-refractivity contribution in [3.63, 3.8) is 0 Å². The van der Waals surface area contributed by atoms with Gasteiger partial charge in [0.1, 0.15) is 12.8 Å². The first-order valence-corrected chi connectivity index (χ1v) is 6.73. The van der Waals surface area contributed by atoms with Crippen LogP contribution in [-0.4, -0.2) is 7.11 Å². The topological polar surface area (TPSA) is 13.1 Å². The van der Waals surface area contributed by atoms with Crippen molar-refractivity contribution in [3.8, 4) is 16.9 Å². The molecule has 0 amide bonds. The van der Waals surface area contributed by atoms with E-state index in [1.807, 2.05) is 12.1 Å². The monoisotopic (exact) mass is 264 g/mol. The molecule has 0 aliphatic heterocycles. The molecule has 20 heavy (non-hydrogen) atoms. The van der Waals surface area contributed by atoms with E-state index in [0.717, 1.165) is 5.75 Å². The molecule has 0 spiro atoms. The second kappa shape index (κ2) is 4.97. The molecule has 1 aromatic heterocycles. The fourth-order valence-corrected chi connectivity index (χ4v) is 2.64. The van der Waals surface area contributed by atoms with Crippen LogP contribution in [0.4, 0.5) is 0 Å². The van der Waals surface area contributed by atoms with Crippen LogP contribution in [0.2, 0.25) is 0 Å². The molecule has 0 fully saturated rings. The zero-order valence-corrected chi connectivity index (χ0v) is 12.1. The summed E-state index contributed by atoms with van der Waals surface area (Å²) in [5, 5.41) is 2.45. The predicted octanol–water partition coefficient (Wildman–Crippen LogP) is 3.65. The second-order valence-corrected chi connectivity index (χ2v) is 5.02. The first-order chi connectivity index (χ1) is 9.70. The highest BCUT2D eigenvalue weighted by Crippen LogP contribution is 2.32. The summed E-state index contributed by atoms with van der Waals surface area (Å²) in [6.07, 6.45) is 2.16. The minimum absolute atomic E-state index is 0.892. The molecule has 0 saturated carbocycles. The van der Waals surface area contributed by atoms with E-state index in [1.165, 1.54) is 27.6 Å². The molecule has 0 aliphatic carbocycles. The van der Waals surface area contributed by atoms with Crippen LogP contribution in [-0.2, 0) is 7.05 Å². The molecular formula is C18H18NO+. The average molecular weight is 264 g/mol. The smallest absolute Gasteiger partial charge is 0.186 e. The van der Waals surface area contributed by atoms with Gasteiger partial charge in [0.15, 0.2) is 11.9 Å². The Kier molecular flexibility index (Phi) is 3.15. The lowest BCUT2D eigenvalue weighted by Crippen LogP contribution is -2.32. The molecule has 100 valence electrons. The summed E-state index contributed by atoms with van der Waals surface area (Å²) in [4.78, 5) is 0. The molecule has 0 aliphatic rings. The number of hydrogen-bond acceptors (Lipinski definition) is 1. The van der Waals surface area contributed by atoms with Crippen LogP contribution in [0.3, 0.4) is 0 Å². The lowest BCUT2D eigenvalue weighted by atomic mass is 9.97. The number of pyridine rings is 1. The number of hydrogen-bond donors (Lipinski definition) is 0. The van der Waals surface area contributed by atoms with Gasteiger partial charge in [-0.3, -0.25) is 0 Å². The summed E-state index contributed by atoms with van der Waals surface area (Å²) in [5.74, 6) is 0.892. The largest absolute Gasteiger partial charge is 0.497 e. The van der Waals surface area contributed by atoms with E-state index in [1.54, 1.807) is 7.11 Å². The molecule has 3 rings (SSSR count). The molecule has 2 aromatic carbocycles. The van der Waals surface area contributed by atoms with E-state index in [0.29, 0.717) is 0 Å². The van der Waals surface area contributed by atoms with Crippen LogP contribution in [0.5, 0.6) is 5.75 Å². The fraction of sp³-hybridized carbons (Fsp3) is 0.167. The van der Waals surface area contributed by atoms with Crippen molar-refractivity contribution >= 4 is 10.8 Å². The van der Waals surface area contributed by atoms with Crippen molar-refractivity contribution in [2.75, 3.05) is 7.11 Å². The number of nitrogens with zero attached hydrogens (tertiary/aromatic N) is 1. The van der Waals surface area contributed by atoms with E-state index in [2.05, 4.69) is 61.1 Å². The number of ether oxygens (including phenoxy) is 1. The molecule has 0 N–H and O–H groups in total. The molecule has 1 heterocycles. The van der Waals surface area contributed by atoms with E-state index in [-0.39, 0.29) is 0 Å². The number of benzene rings is 2. The third-order valence-corrected chi connectivity index (χ3v) is 3.82. The Morgan fingerprint density at radius 1 is 1.00 bits per heavy atom.